The van der Waals surface area contributed by atoms with Gasteiger partial charge in [0.25, 0.3) is 5.91 Å². The summed E-state index contributed by atoms with van der Waals surface area (Å²) in [7, 11) is 1.56. The molecule has 1 saturated heterocycles. The summed E-state index contributed by atoms with van der Waals surface area (Å²) in [4.78, 5) is 12.0. The van der Waals surface area contributed by atoms with E-state index in [1.807, 2.05) is 6.07 Å². The number of nitrogens with one attached hydrogen (secondary N) is 2. The predicted octanol–water partition coefficient (Wildman–Crippen LogP) is 1.41. The summed E-state index contributed by atoms with van der Waals surface area (Å²) in [6, 6.07) is 5.39. The molecule has 4 nitrogen and oxygen atoms in total. The second kappa shape index (κ2) is 5.51. The lowest BCUT2D eigenvalue weighted by Crippen LogP contribution is -2.48. The van der Waals surface area contributed by atoms with Gasteiger partial charge in [0.1, 0.15) is 5.75 Å². The minimum absolute atomic E-state index is 0.0822. The van der Waals surface area contributed by atoms with E-state index in [-0.39, 0.29) is 5.91 Å². The fraction of sp³-hybridized carbons (Fsp3) is 0.417. The van der Waals surface area contributed by atoms with Gasteiger partial charge in [-0.25, -0.2) is 0 Å². The fourth-order valence-electron chi connectivity index (χ4n) is 1.68. The molecule has 1 aliphatic rings. The third kappa shape index (κ3) is 2.98. The predicted molar refractivity (Wildman–Crippen MR) is 69.4 cm³/mol. The number of amides is 1. The molecule has 1 heterocycles. The highest BCUT2D eigenvalue weighted by molar-refractivity contribution is 9.10. The van der Waals surface area contributed by atoms with E-state index in [4.69, 9.17) is 4.74 Å². The minimum Gasteiger partial charge on any atom is -0.496 e. The van der Waals surface area contributed by atoms with Crippen molar-refractivity contribution in [2.75, 3.05) is 26.7 Å². The van der Waals surface area contributed by atoms with Crippen LogP contribution in [-0.2, 0) is 0 Å². The summed E-state index contributed by atoms with van der Waals surface area (Å²) < 4.78 is 6.09. The molecule has 0 aliphatic carbocycles. The molecular formula is C12H15BrN2O2. The van der Waals surface area contributed by atoms with Crippen molar-refractivity contribution in [1.82, 2.24) is 10.6 Å². The van der Waals surface area contributed by atoms with Crippen molar-refractivity contribution in [3.63, 3.8) is 0 Å². The van der Waals surface area contributed by atoms with Crippen LogP contribution in [0.3, 0.4) is 0 Å². The number of ether oxygens (including phenoxy) is 1. The molecule has 0 unspecified atom stereocenters. The molecule has 0 aromatic heterocycles. The topological polar surface area (TPSA) is 50.4 Å². The van der Waals surface area contributed by atoms with Crippen LogP contribution in [-0.4, -0.2) is 32.7 Å². The molecule has 17 heavy (non-hydrogen) atoms. The molecule has 0 radical (unpaired) electrons. The third-order valence-corrected chi connectivity index (χ3v) is 3.32. The molecule has 1 aromatic carbocycles. The SMILES string of the molecule is COc1cc(Br)ccc1C(=O)NCC1CNC1. The normalized spacial score (nSPS) is 15.2. The maximum atomic E-state index is 12.0. The number of halogens is 1. The first-order chi connectivity index (χ1) is 8.20. The van der Waals surface area contributed by atoms with Gasteiger partial charge in [-0.1, -0.05) is 15.9 Å². The van der Waals surface area contributed by atoms with Crippen molar-refractivity contribution in [3.8, 4) is 5.75 Å². The lowest BCUT2D eigenvalue weighted by Gasteiger charge is -2.27. The molecule has 1 fully saturated rings. The molecule has 92 valence electrons. The van der Waals surface area contributed by atoms with Crippen molar-refractivity contribution in [2.24, 2.45) is 5.92 Å². The maximum Gasteiger partial charge on any atom is 0.255 e. The summed E-state index contributed by atoms with van der Waals surface area (Å²) in [5.41, 5.74) is 0.572. The van der Waals surface area contributed by atoms with Crippen LogP contribution in [0.15, 0.2) is 22.7 Å². The van der Waals surface area contributed by atoms with Crippen LogP contribution in [0.25, 0.3) is 0 Å². The first-order valence-corrected chi connectivity index (χ1v) is 6.32. The largest absolute Gasteiger partial charge is 0.496 e. The highest BCUT2D eigenvalue weighted by atomic mass is 79.9. The zero-order chi connectivity index (χ0) is 12.3. The Morgan fingerprint density at radius 3 is 2.94 bits per heavy atom. The van der Waals surface area contributed by atoms with Crippen LogP contribution < -0.4 is 15.4 Å². The number of benzene rings is 1. The summed E-state index contributed by atoms with van der Waals surface area (Å²) >= 11 is 3.35. The van der Waals surface area contributed by atoms with Crippen LogP contribution in [0, 0.1) is 5.92 Å². The molecule has 1 aliphatic heterocycles. The molecule has 0 atom stereocenters. The first kappa shape index (κ1) is 12.4. The quantitative estimate of drug-likeness (QED) is 0.884. The Kier molecular flexibility index (Phi) is 4.02. The Morgan fingerprint density at radius 1 is 1.59 bits per heavy atom. The van der Waals surface area contributed by atoms with Gasteiger partial charge in [-0.3, -0.25) is 4.79 Å². The van der Waals surface area contributed by atoms with E-state index in [0.29, 0.717) is 23.8 Å². The molecular weight excluding hydrogens is 284 g/mol. The number of carbonyl (C=O) groups excluding carboxylic acids is 1. The highest BCUT2D eigenvalue weighted by Crippen LogP contribution is 2.23. The average molecular weight is 299 g/mol. The van der Waals surface area contributed by atoms with Gasteiger partial charge in [0.15, 0.2) is 0 Å². The van der Waals surface area contributed by atoms with Crippen molar-refractivity contribution >= 4 is 21.8 Å². The molecule has 2 rings (SSSR count). The van der Waals surface area contributed by atoms with E-state index in [1.54, 1.807) is 19.2 Å². The van der Waals surface area contributed by atoms with Crippen LogP contribution in [0.4, 0.5) is 0 Å². The molecule has 0 spiro atoms. The van der Waals surface area contributed by atoms with E-state index in [9.17, 15) is 4.79 Å². The van der Waals surface area contributed by atoms with Crippen molar-refractivity contribution in [3.05, 3.63) is 28.2 Å². The van der Waals surface area contributed by atoms with Crippen molar-refractivity contribution < 1.29 is 9.53 Å². The van der Waals surface area contributed by atoms with Gasteiger partial charge in [-0.15, -0.1) is 0 Å². The smallest absolute Gasteiger partial charge is 0.255 e. The Bertz CT molecular complexity index is 419. The zero-order valence-corrected chi connectivity index (χ0v) is 11.2. The van der Waals surface area contributed by atoms with Crippen LogP contribution in [0.5, 0.6) is 5.75 Å². The summed E-state index contributed by atoms with van der Waals surface area (Å²) in [5, 5.41) is 6.09. The van der Waals surface area contributed by atoms with Gasteiger partial charge in [-0.05, 0) is 18.2 Å². The van der Waals surface area contributed by atoms with Gasteiger partial charge >= 0.3 is 0 Å². The molecule has 0 saturated carbocycles. The molecule has 0 bridgehead atoms. The Morgan fingerprint density at radius 2 is 2.35 bits per heavy atom. The first-order valence-electron chi connectivity index (χ1n) is 5.53. The van der Waals surface area contributed by atoms with Crippen LogP contribution in [0.1, 0.15) is 10.4 Å². The number of hydrogen-bond acceptors (Lipinski definition) is 3. The van der Waals surface area contributed by atoms with Gasteiger partial charge in [-0.2, -0.15) is 0 Å². The molecule has 5 heteroatoms. The third-order valence-electron chi connectivity index (χ3n) is 2.83. The van der Waals surface area contributed by atoms with Gasteiger partial charge < -0.3 is 15.4 Å². The summed E-state index contributed by atoms with van der Waals surface area (Å²) in [6.45, 7) is 2.68. The summed E-state index contributed by atoms with van der Waals surface area (Å²) in [5.74, 6) is 1.06. The van der Waals surface area contributed by atoms with E-state index >= 15 is 0 Å². The maximum absolute atomic E-state index is 12.0. The number of carbonyl (C=O) groups is 1. The monoisotopic (exact) mass is 298 g/mol. The standard InChI is InChI=1S/C12H15BrN2O2/c1-17-11-4-9(13)2-3-10(11)12(16)15-7-8-5-14-6-8/h2-4,8,14H,5-7H2,1H3,(H,15,16). The van der Waals surface area contributed by atoms with E-state index in [1.165, 1.54) is 0 Å². The van der Waals surface area contributed by atoms with Crippen molar-refractivity contribution in [2.45, 2.75) is 0 Å². The zero-order valence-electron chi connectivity index (χ0n) is 9.63. The average Bonchev–Trinajstić information content (AvgIpc) is 2.26. The van der Waals surface area contributed by atoms with Gasteiger partial charge in [0.2, 0.25) is 0 Å². The number of hydrogen-bond donors (Lipinski definition) is 2. The Balaban J connectivity index is 2.01. The lowest BCUT2D eigenvalue weighted by molar-refractivity contribution is 0.0939. The van der Waals surface area contributed by atoms with E-state index in [2.05, 4.69) is 26.6 Å². The van der Waals surface area contributed by atoms with E-state index < -0.39 is 0 Å². The highest BCUT2D eigenvalue weighted by Gasteiger charge is 2.19. The second-order valence-corrected chi connectivity index (χ2v) is 4.99. The molecule has 2 N–H and O–H groups in total. The fourth-order valence-corrected chi connectivity index (χ4v) is 2.02. The van der Waals surface area contributed by atoms with Gasteiger partial charge in [0, 0.05) is 30.0 Å². The second-order valence-electron chi connectivity index (χ2n) is 4.08. The Hall–Kier alpha value is -1.07. The van der Waals surface area contributed by atoms with E-state index in [0.717, 1.165) is 17.6 Å². The summed E-state index contributed by atoms with van der Waals surface area (Å²) in [6.07, 6.45) is 0. The Labute approximate surface area is 109 Å². The molecule has 1 aromatic rings. The van der Waals surface area contributed by atoms with Crippen molar-refractivity contribution in [1.29, 1.82) is 0 Å². The van der Waals surface area contributed by atoms with Gasteiger partial charge in [0.05, 0.1) is 12.7 Å². The van der Waals surface area contributed by atoms with Crippen LogP contribution >= 0.6 is 15.9 Å². The number of methoxy groups -OCH3 is 1. The lowest BCUT2D eigenvalue weighted by atomic mass is 10.0. The van der Waals surface area contributed by atoms with Crippen LogP contribution in [0.2, 0.25) is 0 Å². The molecule has 1 amide bonds. The minimum atomic E-state index is -0.0822. The number of rotatable bonds is 4.